The van der Waals surface area contributed by atoms with Crippen molar-refractivity contribution in [2.45, 2.75) is 19.9 Å². The fraction of sp³-hybridized carbons (Fsp3) is 0.231. The first-order chi connectivity index (χ1) is 8.20. The minimum atomic E-state index is 0.309. The van der Waals surface area contributed by atoms with E-state index in [1.807, 2.05) is 23.0 Å². The first-order valence-corrected chi connectivity index (χ1v) is 6.38. The number of nitrogens with zero attached hydrogens (tertiary/aromatic N) is 3. The highest BCUT2D eigenvalue weighted by atomic mass is 32.1. The number of aromatic nitrogens is 2. The van der Waals surface area contributed by atoms with Gasteiger partial charge >= 0.3 is 0 Å². The number of nitriles is 1. The fourth-order valence-electron chi connectivity index (χ4n) is 1.98. The van der Waals surface area contributed by atoms with E-state index >= 15 is 0 Å². The monoisotopic (exact) mass is 241 g/mol. The standard InChI is InChI=1S/C13H11N3S/c1-8(2)16-7-11-12(15-16)10(6-14)5-9-3-4-17-13(9)11/h3-5,7-8H,1-2H3. The van der Waals surface area contributed by atoms with Crippen LogP contribution in [-0.2, 0) is 0 Å². The molecule has 0 unspecified atom stereocenters. The molecule has 0 aliphatic heterocycles. The quantitative estimate of drug-likeness (QED) is 0.651. The van der Waals surface area contributed by atoms with E-state index in [1.165, 1.54) is 4.70 Å². The molecule has 0 fully saturated rings. The maximum absolute atomic E-state index is 9.18. The van der Waals surface area contributed by atoms with E-state index in [1.54, 1.807) is 11.3 Å². The van der Waals surface area contributed by atoms with Crippen LogP contribution in [0.25, 0.3) is 21.0 Å². The molecule has 0 aliphatic carbocycles. The van der Waals surface area contributed by atoms with Gasteiger partial charge in [0.2, 0.25) is 0 Å². The zero-order chi connectivity index (χ0) is 12.0. The van der Waals surface area contributed by atoms with Crippen molar-refractivity contribution in [3.05, 3.63) is 29.3 Å². The fourth-order valence-corrected chi connectivity index (χ4v) is 2.87. The van der Waals surface area contributed by atoms with E-state index in [-0.39, 0.29) is 0 Å². The van der Waals surface area contributed by atoms with Gasteiger partial charge in [-0.2, -0.15) is 10.4 Å². The van der Waals surface area contributed by atoms with Gasteiger partial charge in [0.25, 0.3) is 0 Å². The van der Waals surface area contributed by atoms with Gasteiger partial charge in [-0.15, -0.1) is 11.3 Å². The Balaban J connectivity index is 2.49. The number of hydrogen-bond acceptors (Lipinski definition) is 3. The van der Waals surface area contributed by atoms with E-state index in [9.17, 15) is 5.26 Å². The van der Waals surface area contributed by atoms with E-state index in [4.69, 9.17) is 0 Å². The summed E-state index contributed by atoms with van der Waals surface area (Å²) in [6, 6.07) is 6.51. The van der Waals surface area contributed by atoms with Gasteiger partial charge < -0.3 is 0 Å². The van der Waals surface area contributed by atoms with Crippen LogP contribution < -0.4 is 0 Å². The second-order valence-electron chi connectivity index (χ2n) is 4.34. The Labute approximate surface area is 103 Å². The third kappa shape index (κ3) is 1.43. The highest BCUT2D eigenvalue weighted by Gasteiger charge is 2.12. The highest BCUT2D eigenvalue weighted by Crippen LogP contribution is 2.32. The first kappa shape index (κ1) is 10.3. The van der Waals surface area contributed by atoms with Crippen LogP contribution in [0.2, 0.25) is 0 Å². The van der Waals surface area contributed by atoms with Crippen molar-refractivity contribution in [1.29, 1.82) is 5.26 Å². The van der Waals surface area contributed by atoms with Crippen molar-refractivity contribution in [2.24, 2.45) is 0 Å². The average molecular weight is 241 g/mol. The van der Waals surface area contributed by atoms with Gasteiger partial charge in [-0.25, -0.2) is 0 Å². The predicted octanol–water partition coefficient (Wildman–Crippen LogP) is 3.70. The van der Waals surface area contributed by atoms with Gasteiger partial charge in [0.1, 0.15) is 11.6 Å². The Morgan fingerprint density at radius 3 is 3.00 bits per heavy atom. The summed E-state index contributed by atoms with van der Waals surface area (Å²) in [6.07, 6.45) is 2.04. The third-order valence-corrected chi connectivity index (χ3v) is 3.84. The van der Waals surface area contributed by atoms with Crippen LogP contribution in [0, 0.1) is 11.3 Å². The van der Waals surface area contributed by atoms with Gasteiger partial charge in [-0.1, -0.05) is 0 Å². The SMILES string of the molecule is CC(C)n1cc2c(n1)c(C#N)cc1ccsc12. The lowest BCUT2D eigenvalue weighted by Gasteiger charge is -2.02. The van der Waals surface area contributed by atoms with E-state index in [0.717, 1.165) is 16.3 Å². The molecule has 0 aliphatic rings. The second kappa shape index (κ2) is 3.57. The van der Waals surface area contributed by atoms with Gasteiger partial charge in [0, 0.05) is 22.3 Å². The summed E-state index contributed by atoms with van der Waals surface area (Å²) in [5, 5.41) is 18.0. The summed E-state index contributed by atoms with van der Waals surface area (Å²) in [4.78, 5) is 0. The molecule has 2 aromatic heterocycles. The third-order valence-electron chi connectivity index (χ3n) is 2.88. The minimum Gasteiger partial charge on any atom is -0.269 e. The average Bonchev–Trinajstić information content (AvgIpc) is 2.92. The van der Waals surface area contributed by atoms with Gasteiger partial charge in [0.05, 0.1) is 5.56 Å². The largest absolute Gasteiger partial charge is 0.269 e. The van der Waals surface area contributed by atoms with E-state index in [0.29, 0.717) is 11.6 Å². The molecule has 0 spiro atoms. The number of hydrogen-bond donors (Lipinski definition) is 0. The minimum absolute atomic E-state index is 0.309. The molecule has 3 aromatic rings. The summed E-state index contributed by atoms with van der Waals surface area (Å²) < 4.78 is 3.14. The molecular weight excluding hydrogens is 230 g/mol. The molecule has 3 nitrogen and oxygen atoms in total. The summed E-state index contributed by atoms with van der Waals surface area (Å²) in [5.41, 5.74) is 1.47. The maximum Gasteiger partial charge on any atom is 0.112 e. The number of rotatable bonds is 1. The molecule has 3 rings (SSSR count). The summed E-state index contributed by atoms with van der Waals surface area (Å²) >= 11 is 1.70. The predicted molar refractivity (Wildman–Crippen MR) is 70.2 cm³/mol. The summed E-state index contributed by atoms with van der Waals surface area (Å²) in [5.74, 6) is 0. The molecule has 17 heavy (non-hydrogen) atoms. The molecule has 0 N–H and O–H groups in total. The number of thiophene rings is 1. The molecular formula is C13H11N3S. The summed E-state index contributed by atoms with van der Waals surface area (Å²) in [7, 11) is 0. The van der Waals surface area contributed by atoms with Crippen molar-refractivity contribution in [3.63, 3.8) is 0 Å². The zero-order valence-corrected chi connectivity index (χ0v) is 10.5. The van der Waals surface area contributed by atoms with Crippen LogP contribution in [-0.4, -0.2) is 9.78 Å². The Kier molecular flexibility index (Phi) is 2.17. The normalized spacial score (nSPS) is 11.4. The molecule has 1 aromatic carbocycles. The van der Waals surface area contributed by atoms with Crippen molar-refractivity contribution in [3.8, 4) is 6.07 Å². The molecule has 0 atom stereocenters. The molecule has 0 radical (unpaired) electrons. The Morgan fingerprint density at radius 1 is 1.47 bits per heavy atom. The highest BCUT2D eigenvalue weighted by molar-refractivity contribution is 7.18. The van der Waals surface area contributed by atoms with Gasteiger partial charge in [-0.3, -0.25) is 4.68 Å². The molecule has 2 heterocycles. The maximum atomic E-state index is 9.18. The van der Waals surface area contributed by atoms with Crippen molar-refractivity contribution >= 4 is 32.3 Å². The lowest BCUT2D eigenvalue weighted by molar-refractivity contribution is 0.537. The molecule has 0 saturated heterocycles. The zero-order valence-electron chi connectivity index (χ0n) is 9.64. The smallest absolute Gasteiger partial charge is 0.112 e. The lowest BCUT2D eigenvalue weighted by Crippen LogP contribution is -2.00. The van der Waals surface area contributed by atoms with Crippen LogP contribution in [0.1, 0.15) is 25.5 Å². The molecule has 4 heteroatoms. The van der Waals surface area contributed by atoms with E-state index in [2.05, 4.69) is 30.4 Å². The Hall–Kier alpha value is -1.86. The summed E-state index contributed by atoms with van der Waals surface area (Å²) in [6.45, 7) is 4.17. The van der Waals surface area contributed by atoms with E-state index < -0.39 is 0 Å². The van der Waals surface area contributed by atoms with Gasteiger partial charge in [0.15, 0.2) is 0 Å². The number of fused-ring (bicyclic) bond motifs is 3. The first-order valence-electron chi connectivity index (χ1n) is 5.50. The van der Waals surface area contributed by atoms with Crippen LogP contribution in [0.15, 0.2) is 23.7 Å². The molecule has 84 valence electrons. The molecule has 0 amide bonds. The molecule has 0 saturated carbocycles. The Morgan fingerprint density at radius 2 is 2.29 bits per heavy atom. The molecule has 0 bridgehead atoms. The topological polar surface area (TPSA) is 41.6 Å². The van der Waals surface area contributed by atoms with Crippen LogP contribution in [0.4, 0.5) is 0 Å². The van der Waals surface area contributed by atoms with Crippen LogP contribution >= 0.6 is 11.3 Å². The number of benzene rings is 1. The lowest BCUT2D eigenvalue weighted by atomic mass is 10.1. The van der Waals surface area contributed by atoms with Crippen molar-refractivity contribution in [2.75, 3.05) is 0 Å². The second-order valence-corrected chi connectivity index (χ2v) is 5.26. The van der Waals surface area contributed by atoms with Crippen molar-refractivity contribution in [1.82, 2.24) is 9.78 Å². The van der Waals surface area contributed by atoms with Crippen LogP contribution in [0.5, 0.6) is 0 Å². The van der Waals surface area contributed by atoms with Crippen molar-refractivity contribution < 1.29 is 0 Å². The Bertz CT molecular complexity index is 743. The van der Waals surface area contributed by atoms with Crippen LogP contribution in [0.3, 0.4) is 0 Å². The van der Waals surface area contributed by atoms with Gasteiger partial charge in [-0.05, 0) is 36.7 Å².